The number of hydrogen-bond acceptors (Lipinski definition) is 3. The molecular weight excluding hydrogens is 695 g/mol. The van der Waals surface area contributed by atoms with Crippen molar-refractivity contribution in [2.45, 2.75) is 0 Å². The van der Waals surface area contributed by atoms with Gasteiger partial charge in [0.2, 0.25) is 0 Å². The maximum Gasteiger partial charge on any atom is 0.135 e. The molecule has 0 radical (unpaired) electrons. The first kappa shape index (κ1) is 32.8. The van der Waals surface area contributed by atoms with E-state index in [-0.39, 0.29) is 0 Å². The molecule has 11 aromatic rings. The highest BCUT2D eigenvalue weighted by molar-refractivity contribution is 6.08. The van der Waals surface area contributed by atoms with Crippen molar-refractivity contribution < 1.29 is 8.83 Å². The van der Waals surface area contributed by atoms with Crippen molar-refractivity contribution in [1.82, 2.24) is 0 Å². The van der Waals surface area contributed by atoms with Gasteiger partial charge in [0.1, 0.15) is 22.3 Å². The Kier molecular flexibility index (Phi) is 7.82. The van der Waals surface area contributed by atoms with Crippen molar-refractivity contribution in [3.8, 4) is 44.5 Å². The molecule has 2 aromatic heterocycles. The zero-order chi connectivity index (χ0) is 37.7. The van der Waals surface area contributed by atoms with Crippen LogP contribution in [-0.2, 0) is 0 Å². The van der Waals surface area contributed by atoms with Crippen LogP contribution >= 0.6 is 0 Å². The highest BCUT2D eigenvalue weighted by atomic mass is 16.3. The van der Waals surface area contributed by atoms with Gasteiger partial charge in [-0.1, -0.05) is 152 Å². The molecule has 0 aliphatic rings. The highest BCUT2D eigenvalue weighted by Gasteiger charge is 2.21. The SMILES string of the molecule is c1ccc(-c2ccccc2-c2ccccc2-c2ccccc2N(c2ccc(-c3ccc4oc5ccccc5c4c3)cc2)c2ccc3oc4ccccc4c3c2)cc1. The van der Waals surface area contributed by atoms with E-state index in [9.17, 15) is 0 Å². The lowest BCUT2D eigenvalue weighted by molar-refractivity contribution is 0.668. The predicted octanol–water partition coefficient (Wildman–Crippen LogP) is 15.6. The lowest BCUT2D eigenvalue weighted by Gasteiger charge is -2.29. The molecule has 3 nitrogen and oxygen atoms in total. The molecule has 9 aromatic carbocycles. The average molecular weight is 730 g/mol. The summed E-state index contributed by atoms with van der Waals surface area (Å²) in [7, 11) is 0. The van der Waals surface area contributed by atoms with E-state index in [2.05, 4.69) is 193 Å². The third-order valence-corrected chi connectivity index (χ3v) is 11.1. The van der Waals surface area contributed by atoms with Crippen molar-refractivity contribution in [2.24, 2.45) is 0 Å². The summed E-state index contributed by atoms with van der Waals surface area (Å²) in [6, 6.07) is 75.3. The molecule has 0 saturated carbocycles. The predicted molar refractivity (Wildman–Crippen MR) is 237 cm³/mol. The number of para-hydroxylation sites is 3. The molecule has 3 heteroatoms. The molecule has 0 aliphatic carbocycles. The molecule has 0 spiro atoms. The molecule has 0 fully saturated rings. The van der Waals surface area contributed by atoms with Crippen molar-refractivity contribution >= 4 is 60.9 Å². The van der Waals surface area contributed by atoms with E-state index in [4.69, 9.17) is 8.83 Å². The summed E-state index contributed by atoms with van der Waals surface area (Å²) in [5.41, 5.74) is 16.1. The first-order valence-electron chi connectivity index (χ1n) is 19.3. The van der Waals surface area contributed by atoms with Gasteiger partial charge < -0.3 is 13.7 Å². The van der Waals surface area contributed by atoms with Crippen LogP contribution in [0.4, 0.5) is 17.1 Å². The number of benzene rings is 9. The fraction of sp³-hybridized carbons (Fsp3) is 0. The third-order valence-electron chi connectivity index (χ3n) is 11.1. The van der Waals surface area contributed by atoms with Gasteiger partial charge in [-0.15, -0.1) is 0 Å². The van der Waals surface area contributed by atoms with Crippen LogP contribution in [0.15, 0.2) is 221 Å². The van der Waals surface area contributed by atoms with Crippen LogP contribution in [0.2, 0.25) is 0 Å². The maximum atomic E-state index is 6.29. The molecule has 0 saturated heterocycles. The molecule has 0 N–H and O–H groups in total. The number of anilines is 3. The largest absolute Gasteiger partial charge is 0.456 e. The molecule has 0 atom stereocenters. The molecule has 268 valence electrons. The van der Waals surface area contributed by atoms with Crippen LogP contribution < -0.4 is 4.90 Å². The summed E-state index contributed by atoms with van der Waals surface area (Å²) >= 11 is 0. The van der Waals surface area contributed by atoms with Crippen LogP contribution in [0.1, 0.15) is 0 Å². The zero-order valence-electron chi connectivity index (χ0n) is 31.0. The Balaban J connectivity index is 1.09. The Morgan fingerprint density at radius 1 is 0.263 bits per heavy atom. The van der Waals surface area contributed by atoms with Gasteiger partial charge in [-0.2, -0.15) is 0 Å². The van der Waals surface area contributed by atoms with E-state index in [1.165, 1.54) is 22.3 Å². The quantitative estimate of drug-likeness (QED) is 0.164. The first-order valence-corrected chi connectivity index (χ1v) is 19.3. The van der Waals surface area contributed by atoms with E-state index < -0.39 is 0 Å². The molecule has 0 bridgehead atoms. The van der Waals surface area contributed by atoms with Gasteiger partial charge in [0.15, 0.2) is 0 Å². The molecule has 0 amide bonds. The monoisotopic (exact) mass is 729 g/mol. The van der Waals surface area contributed by atoms with E-state index in [0.717, 1.165) is 83.2 Å². The zero-order valence-corrected chi connectivity index (χ0v) is 31.0. The van der Waals surface area contributed by atoms with Crippen molar-refractivity contribution in [2.75, 3.05) is 4.90 Å². The van der Waals surface area contributed by atoms with Gasteiger partial charge in [0.25, 0.3) is 0 Å². The number of nitrogens with zero attached hydrogens (tertiary/aromatic N) is 1. The average Bonchev–Trinajstić information content (AvgIpc) is 3.85. The Hall–Kier alpha value is -7.62. The fourth-order valence-electron chi connectivity index (χ4n) is 8.43. The number of fused-ring (bicyclic) bond motifs is 6. The maximum absolute atomic E-state index is 6.29. The minimum absolute atomic E-state index is 0.869. The van der Waals surface area contributed by atoms with E-state index in [1.807, 2.05) is 24.3 Å². The highest BCUT2D eigenvalue weighted by Crippen LogP contribution is 2.46. The van der Waals surface area contributed by atoms with E-state index >= 15 is 0 Å². The topological polar surface area (TPSA) is 29.5 Å². The molecule has 11 rings (SSSR count). The Morgan fingerprint density at radius 2 is 0.719 bits per heavy atom. The first-order chi connectivity index (χ1) is 28.3. The Morgan fingerprint density at radius 3 is 1.40 bits per heavy atom. The minimum atomic E-state index is 0.869. The Labute approximate surface area is 330 Å². The smallest absolute Gasteiger partial charge is 0.135 e. The second-order valence-electron chi connectivity index (χ2n) is 14.4. The van der Waals surface area contributed by atoms with Gasteiger partial charge in [-0.3, -0.25) is 0 Å². The van der Waals surface area contributed by atoms with Crippen molar-refractivity contribution in [1.29, 1.82) is 0 Å². The summed E-state index contributed by atoms with van der Waals surface area (Å²) in [5, 5.41) is 4.43. The van der Waals surface area contributed by atoms with Gasteiger partial charge in [-0.25, -0.2) is 0 Å². The molecular formula is C54H35NO2. The minimum Gasteiger partial charge on any atom is -0.456 e. The number of hydrogen-bond donors (Lipinski definition) is 0. The van der Waals surface area contributed by atoms with Crippen LogP contribution in [0.3, 0.4) is 0 Å². The summed E-state index contributed by atoms with van der Waals surface area (Å²) in [4.78, 5) is 2.38. The summed E-state index contributed by atoms with van der Waals surface area (Å²) in [5.74, 6) is 0. The van der Waals surface area contributed by atoms with E-state index in [1.54, 1.807) is 0 Å². The normalized spacial score (nSPS) is 11.5. The summed E-state index contributed by atoms with van der Waals surface area (Å²) < 4.78 is 12.4. The summed E-state index contributed by atoms with van der Waals surface area (Å²) in [6.07, 6.45) is 0. The summed E-state index contributed by atoms with van der Waals surface area (Å²) in [6.45, 7) is 0. The molecule has 0 unspecified atom stereocenters. The lowest BCUT2D eigenvalue weighted by Crippen LogP contribution is -2.11. The van der Waals surface area contributed by atoms with E-state index in [0.29, 0.717) is 0 Å². The van der Waals surface area contributed by atoms with Crippen LogP contribution in [0.25, 0.3) is 88.4 Å². The van der Waals surface area contributed by atoms with Gasteiger partial charge in [0, 0.05) is 38.5 Å². The number of rotatable bonds is 7. The fourth-order valence-corrected chi connectivity index (χ4v) is 8.43. The van der Waals surface area contributed by atoms with Crippen molar-refractivity contribution in [3.05, 3.63) is 212 Å². The van der Waals surface area contributed by atoms with Crippen LogP contribution in [0.5, 0.6) is 0 Å². The van der Waals surface area contributed by atoms with Gasteiger partial charge >= 0.3 is 0 Å². The molecule has 57 heavy (non-hydrogen) atoms. The third kappa shape index (κ3) is 5.68. The molecule has 0 aliphatic heterocycles. The number of furan rings is 2. The van der Waals surface area contributed by atoms with Crippen LogP contribution in [0, 0.1) is 0 Å². The molecule has 2 heterocycles. The van der Waals surface area contributed by atoms with Gasteiger partial charge in [-0.05, 0) is 99.6 Å². The second kappa shape index (κ2) is 13.6. The lowest BCUT2D eigenvalue weighted by atomic mass is 9.88. The van der Waals surface area contributed by atoms with Gasteiger partial charge in [0.05, 0.1) is 5.69 Å². The van der Waals surface area contributed by atoms with Crippen LogP contribution in [-0.4, -0.2) is 0 Å². The van der Waals surface area contributed by atoms with Crippen molar-refractivity contribution in [3.63, 3.8) is 0 Å². The standard InChI is InChI=1S/C54H35NO2/c1-2-14-37(15-3-1)41-16-4-5-17-42(41)43-18-6-7-19-44(43)45-20-8-11-23-50(45)55(40-31-33-54-49(35-40)47-22-10-13-25-52(47)57-54)39-29-26-36(27-30-39)38-28-32-53-48(34-38)46-21-9-12-24-51(46)56-53/h1-35H. The Bertz CT molecular complexity index is 3240. The second-order valence-corrected chi connectivity index (χ2v) is 14.4.